The summed E-state index contributed by atoms with van der Waals surface area (Å²) in [5.41, 5.74) is 1.49. The van der Waals surface area contributed by atoms with E-state index in [4.69, 9.17) is 0 Å². The molecular weight excluding hydrogens is 186 g/mol. The van der Waals surface area contributed by atoms with Crippen LogP contribution in [-0.2, 0) is 0 Å². The van der Waals surface area contributed by atoms with Gasteiger partial charge in [-0.15, -0.1) is 0 Å². The molecule has 2 fully saturated rings. The first kappa shape index (κ1) is 9.40. The summed E-state index contributed by atoms with van der Waals surface area (Å²) in [6, 6.07) is 2.94. The smallest absolute Gasteiger partial charge is 0.0522 e. The molecule has 2 heterocycles. The fourth-order valence-corrected chi connectivity index (χ4v) is 2.70. The van der Waals surface area contributed by atoms with E-state index in [9.17, 15) is 0 Å². The molecule has 1 N–H and O–H groups in total. The van der Waals surface area contributed by atoms with E-state index in [1.807, 2.05) is 6.20 Å². The molecule has 3 rings (SSSR count). The third kappa shape index (κ3) is 1.69. The largest absolute Gasteiger partial charge is 0.317 e. The van der Waals surface area contributed by atoms with Gasteiger partial charge in [0.25, 0.3) is 0 Å². The van der Waals surface area contributed by atoms with Crippen molar-refractivity contribution in [1.82, 2.24) is 15.1 Å². The van der Waals surface area contributed by atoms with Gasteiger partial charge in [0.2, 0.25) is 0 Å². The van der Waals surface area contributed by atoms with E-state index < -0.39 is 0 Å². The summed E-state index contributed by atoms with van der Waals surface area (Å²) >= 11 is 0. The molecule has 15 heavy (non-hydrogen) atoms. The predicted octanol–water partition coefficient (Wildman–Crippen LogP) is 2.08. The summed E-state index contributed by atoms with van der Waals surface area (Å²) in [6.07, 6.45) is 8.59. The molecule has 0 atom stereocenters. The topological polar surface area (TPSA) is 29.9 Å². The minimum Gasteiger partial charge on any atom is -0.317 e. The molecule has 0 aromatic carbocycles. The molecule has 1 aromatic heterocycles. The number of aromatic nitrogens is 2. The summed E-state index contributed by atoms with van der Waals surface area (Å²) in [4.78, 5) is 0. The highest BCUT2D eigenvalue weighted by molar-refractivity contribution is 5.10. The van der Waals surface area contributed by atoms with Gasteiger partial charge in [0, 0.05) is 17.8 Å². The van der Waals surface area contributed by atoms with Crippen LogP contribution in [0.1, 0.15) is 49.8 Å². The zero-order valence-corrected chi connectivity index (χ0v) is 9.15. The minimum absolute atomic E-state index is 0.713. The fourth-order valence-electron chi connectivity index (χ4n) is 2.70. The molecule has 3 heteroatoms. The van der Waals surface area contributed by atoms with Gasteiger partial charge in [-0.2, -0.15) is 5.10 Å². The predicted molar refractivity (Wildman–Crippen MR) is 60.0 cm³/mol. The number of nitrogens with zero attached hydrogens (tertiary/aromatic N) is 2. The van der Waals surface area contributed by atoms with Crippen molar-refractivity contribution in [3.63, 3.8) is 0 Å². The van der Waals surface area contributed by atoms with Crippen LogP contribution in [0.15, 0.2) is 12.3 Å². The van der Waals surface area contributed by atoms with E-state index >= 15 is 0 Å². The van der Waals surface area contributed by atoms with Gasteiger partial charge in [-0.25, -0.2) is 0 Å². The normalized spacial score (nSPS) is 24.0. The Labute approximate surface area is 90.9 Å². The van der Waals surface area contributed by atoms with Crippen molar-refractivity contribution >= 4 is 0 Å². The van der Waals surface area contributed by atoms with Gasteiger partial charge in [-0.3, -0.25) is 4.68 Å². The van der Waals surface area contributed by atoms with Crippen LogP contribution in [0.5, 0.6) is 0 Å². The molecule has 1 saturated carbocycles. The van der Waals surface area contributed by atoms with Gasteiger partial charge >= 0.3 is 0 Å². The molecule has 1 saturated heterocycles. The Kier molecular flexibility index (Phi) is 2.49. The standard InChI is InChI=1S/C12H19N3/c1-2-11(3-1)15-12(6-9-14-15)10-4-7-13-8-5-10/h6,9-11,13H,1-5,7-8H2. The second-order valence-corrected chi connectivity index (χ2v) is 4.81. The fraction of sp³-hybridized carbons (Fsp3) is 0.750. The highest BCUT2D eigenvalue weighted by atomic mass is 15.3. The molecule has 0 bridgehead atoms. The van der Waals surface area contributed by atoms with E-state index in [-0.39, 0.29) is 0 Å². The lowest BCUT2D eigenvalue weighted by Crippen LogP contribution is -2.29. The van der Waals surface area contributed by atoms with Gasteiger partial charge in [-0.05, 0) is 51.3 Å². The highest BCUT2D eigenvalue weighted by Gasteiger charge is 2.25. The quantitative estimate of drug-likeness (QED) is 0.801. The van der Waals surface area contributed by atoms with Crippen molar-refractivity contribution in [2.75, 3.05) is 13.1 Å². The highest BCUT2D eigenvalue weighted by Crippen LogP contribution is 2.35. The first-order chi connectivity index (χ1) is 7.45. The number of piperidine rings is 1. The molecule has 3 nitrogen and oxygen atoms in total. The maximum atomic E-state index is 4.51. The van der Waals surface area contributed by atoms with Gasteiger partial charge in [-0.1, -0.05) is 0 Å². The van der Waals surface area contributed by atoms with E-state index in [0.29, 0.717) is 6.04 Å². The molecule has 2 aliphatic rings. The second-order valence-electron chi connectivity index (χ2n) is 4.81. The first-order valence-corrected chi connectivity index (χ1v) is 6.19. The SMILES string of the molecule is c1cc(C2CCNCC2)n(C2CCC2)n1. The summed E-state index contributed by atoms with van der Waals surface area (Å²) in [6.45, 7) is 2.33. The second kappa shape index (κ2) is 3.97. The number of hydrogen-bond donors (Lipinski definition) is 1. The summed E-state index contributed by atoms with van der Waals surface area (Å²) < 4.78 is 2.31. The molecule has 0 amide bonds. The number of nitrogens with one attached hydrogen (secondary N) is 1. The summed E-state index contributed by atoms with van der Waals surface area (Å²) in [5, 5.41) is 7.93. The average Bonchev–Trinajstić information content (AvgIpc) is 2.65. The van der Waals surface area contributed by atoms with Gasteiger partial charge < -0.3 is 5.32 Å². The van der Waals surface area contributed by atoms with Crippen molar-refractivity contribution in [2.24, 2.45) is 0 Å². The Morgan fingerprint density at radius 3 is 2.67 bits per heavy atom. The van der Waals surface area contributed by atoms with Crippen molar-refractivity contribution in [1.29, 1.82) is 0 Å². The molecule has 0 spiro atoms. The molecule has 1 aliphatic carbocycles. The maximum absolute atomic E-state index is 4.51. The Hall–Kier alpha value is -0.830. The van der Waals surface area contributed by atoms with E-state index in [1.165, 1.54) is 50.9 Å². The Balaban J connectivity index is 1.80. The van der Waals surface area contributed by atoms with E-state index in [0.717, 1.165) is 5.92 Å². The monoisotopic (exact) mass is 205 g/mol. The van der Waals surface area contributed by atoms with Crippen molar-refractivity contribution < 1.29 is 0 Å². The van der Waals surface area contributed by atoms with Gasteiger partial charge in [0.15, 0.2) is 0 Å². The van der Waals surface area contributed by atoms with Crippen LogP contribution in [-0.4, -0.2) is 22.9 Å². The average molecular weight is 205 g/mol. The lowest BCUT2D eigenvalue weighted by molar-refractivity contribution is 0.273. The van der Waals surface area contributed by atoms with Crippen LogP contribution in [0.4, 0.5) is 0 Å². The van der Waals surface area contributed by atoms with E-state index in [1.54, 1.807) is 0 Å². The number of hydrogen-bond acceptors (Lipinski definition) is 2. The molecule has 0 radical (unpaired) electrons. The zero-order valence-electron chi connectivity index (χ0n) is 9.15. The Morgan fingerprint density at radius 2 is 2.00 bits per heavy atom. The third-order valence-corrected chi connectivity index (χ3v) is 3.88. The van der Waals surface area contributed by atoms with Crippen LogP contribution in [0.3, 0.4) is 0 Å². The van der Waals surface area contributed by atoms with Gasteiger partial charge in [0.05, 0.1) is 6.04 Å². The van der Waals surface area contributed by atoms with E-state index in [2.05, 4.69) is 21.2 Å². The lowest BCUT2D eigenvalue weighted by Gasteiger charge is -2.31. The molecule has 1 aliphatic heterocycles. The van der Waals surface area contributed by atoms with Gasteiger partial charge in [0.1, 0.15) is 0 Å². The summed E-state index contributed by atoms with van der Waals surface area (Å²) in [5.74, 6) is 0.745. The minimum atomic E-state index is 0.713. The molecule has 82 valence electrons. The first-order valence-electron chi connectivity index (χ1n) is 6.19. The molecule has 0 unspecified atom stereocenters. The van der Waals surface area contributed by atoms with Crippen LogP contribution >= 0.6 is 0 Å². The van der Waals surface area contributed by atoms with Crippen molar-refractivity contribution in [3.05, 3.63) is 18.0 Å². The van der Waals surface area contributed by atoms with Crippen LogP contribution in [0.25, 0.3) is 0 Å². The summed E-state index contributed by atoms with van der Waals surface area (Å²) in [7, 11) is 0. The lowest BCUT2D eigenvalue weighted by atomic mass is 9.90. The third-order valence-electron chi connectivity index (χ3n) is 3.88. The zero-order chi connectivity index (χ0) is 10.1. The number of rotatable bonds is 2. The van der Waals surface area contributed by atoms with Crippen LogP contribution < -0.4 is 5.32 Å². The van der Waals surface area contributed by atoms with Crippen LogP contribution in [0, 0.1) is 0 Å². The Bertz CT molecular complexity index is 321. The molecular formula is C12H19N3. The van der Waals surface area contributed by atoms with Crippen LogP contribution in [0.2, 0.25) is 0 Å². The van der Waals surface area contributed by atoms with Crippen molar-refractivity contribution in [2.45, 2.75) is 44.1 Å². The Morgan fingerprint density at radius 1 is 1.20 bits per heavy atom. The van der Waals surface area contributed by atoms with Crippen molar-refractivity contribution in [3.8, 4) is 0 Å². The molecule has 1 aromatic rings. The maximum Gasteiger partial charge on any atom is 0.0522 e.